The molecule has 18 nitrogen and oxygen atoms in total. The van der Waals surface area contributed by atoms with Gasteiger partial charge in [0, 0.05) is 24.5 Å². The third kappa shape index (κ3) is 12.9. The van der Waals surface area contributed by atoms with Crippen molar-refractivity contribution < 1.29 is 174 Å². The van der Waals surface area contributed by atoms with Crippen LogP contribution in [0.5, 0.6) is 0 Å². The summed E-state index contributed by atoms with van der Waals surface area (Å²) in [5.74, 6) is -4.04. The smallest absolute Gasteiger partial charge is 0.744 e. The van der Waals surface area contributed by atoms with Crippen molar-refractivity contribution in [3.8, 4) is 0 Å². The van der Waals surface area contributed by atoms with Crippen molar-refractivity contribution in [1.29, 1.82) is 0 Å². The molecule has 0 saturated heterocycles. The molecule has 0 aliphatic heterocycles. The van der Waals surface area contributed by atoms with Gasteiger partial charge in [-0.3, -0.25) is 0 Å². The monoisotopic (exact) mass is 752 g/mol. The first-order valence-electron chi connectivity index (χ1n) is 12.4. The zero-order valence-corrected chi connectivity index (χ0v) is 36.2. The maximum atomic E-state index is 11.8. The van der Waals surface area contributed by atoms with Crippen LogP contribution in [0, 0.1) is 0 Å². The second-order valence-corrected chi connectivity index (χ2v) is 11.8. The van der Waals surface area contributed by atoms with E-state index < -0.39 is 53.1 Å². The number of carboxylic acids is 2. The summed E-state index contributed by atoms with van der Waals surface area (Å²) in [5.41, 5.74) is -1.04. The Hall–Kier alpha value is -0.990. The van der Waals surface area contributed by atoms with Gasteiger partial charge in [0.15, 0.2) is 0 Å². The molecule has 0 saturated carbocycles. The van der Waals surface area contributed by atoms with E-state index >= 15 is 0 Å². The van der Waals surface area contributed by atoms with E-state index in [1.165, 1.54) is 23.1 Å². The van der Waals surface area contributed by atoms with Crippen molar-refractivity contribution in [2.24, 2.45) is 0 Å². The van der Waals surface area contributed by atoms with E-state index in [0.29, 0.717) is 6.07 Å². The van der Waals surface area contributed by atoms with Gasteiger partial charge in [0.05, 0.1) is 34.9 Å². The predicted molar refractivity (Wildman–Crippen MR) is 148 cm³/mol. The summed E-state index contributed by atoms with van der Waals surface area (Å²) in [6, 6.07) is 7.87. The molecule has 0 radical (unpaired) electrons. The van der Waals surface area contributed by atoms with E-state index in [4.69, 9.17) is 0 Å². The summed E-state index contributed by atoms with van der Waals surface area (Å²) in [5, 5.41) is 46.9. The van der Waals surface area contributed by atoms with Gasteiger partial charge in [-0.05, 0) is 64.4 Å². The Morgan fingerprint density at radius 3 is 1.65 bits per heavy atom. The number of aromatic nitrogens is 3. The molecule has 0 aliphatic rings. The molecule has 4 aromatic rings. The Bertz CT molecular complexity index is 2000. The van der Waals surface area contributed by atoms with Gasteiger partial charge in [-0.2, -0.15) is 15.0 Å². The Kier molecular flexibility index (Phi) is 19.9. The fourth-order valence-electron chi connectivity index (χ4n) is 4.10. The standard InChI is InChI=1S/C25H24N6O12S2.4Na/c32-5-3-31(4-6-33)25-29-23(28-24(30-25)27-17-9-14(21(34)35)7-15(10-17)22(36)37)26-16-1-2-19-13(8-16)11-18(44(38,39)40)12-20(19)45(41,42)43;;;;/h1-2,7-12,32-33H,3-6H2,(H,34,35)(H,36,37)(H,38,39,40)(H,41,42,43)(H2,26,27,28,29,30);;;;/q;4*+1/p-4. The van der Waals surface area contributed by atoms with Crippen LogP contribution < -0.4 is 144 Å². The average Bonchev–Trinajstić information content (AvgIpc) is 2.95. The summed E-state index contributed by atoms with van der Waals surface area (Å²) in [4.78, 5) is 34.8. The van der Waals surface area contributed by atoms with Crippen LogP contribution in [0.15, 0.2) is 58.3 Å². The van der Waals surface area contributed by atoms with Gasteiger partial charge in [0.1, 0.15) is 20.2 Å². The Morgan fingerprint density at radius 1 is 0.694 bits per heavy atom. The number of anilines is 5. The normalized spacial score (nSPS) is 10.8. The van der Waals surface area contributed by atoms with Crippen LogP contribution in [-0.4, -0.2) is 89.3 Å². The van der Waals surface area contributed by atoms with E-state index in [1.54, 1.807) is 0 Å². The van der Waals surface area contributed by atoms with Crippen molar-refractivity contribution in [1.82, 2.24) is 15.0 Å². The van der Waals surface area contributed by atoms with E-state index in [0.717, 1.165) is 24.3 Å². The summed E-state index contributed by atoms with van der Waals surface area (Å²) >= 11 is 0. The molecule has 0 atom stereocenters. The van der Waals surface area contributed by atoms with Crippen LogP contribution in [-0.2, 0) is 20.2 Å². The number of benzene rings is 3. The number of nitrogens with zero attached hydrogens (tertiary/aromatic N) is 4. The number of rotatable bonds is 13. The van der Waals surface area contributed by atoms with Gasteiger partial charge in [-0.25, -0.2) is 16.8 Å². The molecule has 1 aromatic heterocycles. The molecule has 49 heavy (non-hydrogen) atoms. The Balaban J connectivity index is 0.00000576. The second-order valence-electron chi connectivity index (χ2n) is 9.11. The molecule has 4 rings (SSSR count). The number of fused-ring (bicyclic) bond motifs is 1. The maximum absolute atomic E-state index is 11.8. The zero-order valence-electron chi connectivity index (χ0n) is 26.5. The van der Waals surface area contributed by atoms with Crippen LogP contribution in [0.25, 0.3) is 10.8 Å². The zero-order chi connectivity index (χ0) is 33.1. The third-order valence-electron chi connectivity index (χ3n) is 6.01. The molecular weight excluding hydrogens is 732 g/mol. The minimum atomic E-state index is -5.21. The molecule has 0 bridgehead atoms. The largest absolute Gasteiger partial charge is 1.00 e. The molecule has 0 amide bonds. The van der Waals surface area contributed by atoms with E-state index in [2.05, 4.69) is 25.6 Å². The Labute approximate surface area is 367 Å². The molecular formula is C25H20N6Na4O12S2. The number of carbonyl (C=O) groups excluding carboxylic acids is 2. The van der Waals surface area contributed by atoms with Crippen LogP contribution in [0.2, 0.25) is 0 Å². The number of nitrogens with one attached hydrogen (secondary N) is 2. The first-order valence-corrected chi connectivity index (χ1v) is 15.2. The topological polar surface area (TPSA) is 301 Å². The van der Waals surface area contributed by atoms with Gasteiger partial charge in [0.25, 0.3) is 0 Å². The molecule has 0 fully saturated rings. The van der Waals surface area contributed by atoms with Crippen LogP contribution >= 0.6 is 0 Å². The second kappa shape index (κ2) is 20.3. The van der Waals surface area contributed by atoms with E-state index in [1.807, 2.05) is 0 Å². The number of aromatic carboxylic acids is 2. The number of carboxylic acid groups (broad SMARTS) is 2. The number of aliphatic hydroxyl groups excluding tert-OH is 2. The van der Waals surface area contributed by atoms with Crippen molar-refractivity contribution in [2.75, 3.05) is 41.8 Å². The van der Waals surface area contributed by atoms with Crippen LogP contribution in [0.1, 0.15) is 20.7 Å². The fourth-order valence-corrected chi connectivity index (χ4v) is 5.44. The van der Waals surface area contributed by atoms with Crippen LogP contribution in [0.4, 0.5) is 29.2 Å². The minimum absolute atomic E-state index is 0. The number of carbonyl (C=O) groups is 2. The van der Waals surface area contributed by atoms with Gasteiger partial charge in [0.2, 0.25) is 17.8 Å². The molecule has 238 valence electrons. The van der Waals surface area contributed by atoms with Gasteiger partial charge < -0.3 is 54.7 Å². The molecule has 4 N–H and O–H groups in total. The van der Waals surface area contributed by atoms with Gasteiger partial charge in [-0.1, -0.05) is 6.07 Å². The van der Waals surface area contributed by atoms with Crippen molar-refractivity contribution in [3.05, 3.63) is 59.7 Å². The Morgan fingerprint density at radius 2 is 1.20 bits per heavy atom. The molecule has 3 aromatic carbocycles. The number of hydrogen-bond acceptors (Lipinski definition) is 18. The van der Waals surface area contributed by atoms with Crippen molar-refractivity contribution in [3.63, 3.8) is 0 Å². The van der Waals surface area contributed by atoms with E-state index in [-0.39, 0.29) is 185 Å². The quantitative estimate of drug-likeness (QED) is 0.0728. The first kappa shape index (κ1) is 48.0. The molecule has 0 aliphatic carbocycles. The maximum Gasteiger partial charge on any atom is 1.00 e. The van der Waals surface area contributed by atoms with Gasteiger partial charge >= 0.3 is 118 Å². The van der Waals surface area contributed by atoms with E-state index in [9.17, 15) is 56.0 Å². The SMILES string of the molecule is O=C([O-])c1cc(Nc2nc(Nc3ccc4c(S(=O)(=O)[O-])cc(S(=O)(=O)[O-])cc4c3)nc(N(CCO)CCO)n2)cc(C(=O)[O-])c1.[Na+].[Na+].[Na+].[Na+]. The summed E-state index contributed by atoms with van der Waals surface area (Å²) in [7, 11) is -10.4. The number of aliphatic hydroxyl groups is 2. The third-order valence-corrected chi connectivity index (χ3v) is 7.70. The number of hydrogen-bond donors (Lipinski definition) is 4. The molecule has 0 unspecified atom stereocenters. The summed E-state index contributed by atoms with van der Waals surface area (Å²) in [6.07, 6.45) is 0. The molecule has 0 spiro atoms. The fraction of sp³-hybridized carbons (Fsp3) is 0.160. The van der Waals surface area contributed by atoms with Crippen molar-refractivity contribution in [2.45, 2.75) is 9.79 Å². The van der Waals surface area contributed by atoms with Crippen LogP contribution in [0.3, 0.4) is 0 Å². The predicted octanol–water partition coefficient (Wildman–Crippen LogP) is -14.1. The van der Waals surface area contributed by atoms with Crippen molar-refractivity contribution >= 4 is 72.2 Å². The molecule has 24 heteroatoms. The summed E-state index contributed by atoms with van der Waals surface area (Å²) in [6.45, 7) is -0.901. The first-order chi connectivity index (χ1) is 21.1. The summed E-state index contributed by atoms with van der Waals surface area (Å²) < 4.78 is 70.3. The molecule has 1 heterocycles. The minimum Gasteiger partial charge on any atom is -0.744 e. The average molecular weight is 753 g/mol. The van der Waals surface area contributed by atoms with Gasteiger partial charge in [-0.15, -0.1) is 0 Å².